The first-order chi connectivity index (χ1) is 10.7. The highest BCUT2D eigenvalue weighted by atomic mass is 16.5. The van der Waals surface area contributed by atoms with Crippen molar-refractivity contribution in [2.45, 2.75) is 31.8 Å². The SMILES string of the molecule is COC1(C(=O)NCCCOc2ccccc2C)CCNCC1. The van der Waals surface area contributed by atoms with E-state index in [-0.39, 0.29) is 5.91 Å². The van der Waals surface area contributed by atoms with Crippen LogP contribution in [0.15, 0.2) is 24.3 Å². The third kappa shape index (κ3) is 4.21. The van der Waals surface area contributed by atoms with Crippen LogP contribution < -0.4 is 15.4 Å². The fourth-order valence-corrected chi connectivity index (χ4v) is 2.69. The first-order valence-corrected chi connectivity index (χ1v) is 7.90. The van der Waals surface area contributed by atoms with E-state index in [1.165, 1.54) is 0 Å². The summed E-state index contributed by atoms with van der Waals surface area (Å²) >= 11 is 0. The molecule has 22 heavy (non-hydrogen) atoms. The maximum absolute atomic E-state index is 12.3. The van der Waals surface area contributed by atoms with Gasteiger partial charge in [0.15, 0.2) is 0 Å². The van der Waals surface area contributed by atoms with E-state index in [1.54, 1.807) is 7.11 Å². The molecule has 122 valence electrons. The summed E-state index contributed by atoms with van der Waals surface area (Å²) in [6, 6.07) is 7.94. The molecule has 1 aromatic rings. The zero-order chi connectivity index (χ0) is 15.8. The van der Waals surface area contributed by atoms with Gasteiger partial charge in [-0.05, 0) is 50.9 Å². The Morgan fingerprint density at radius 1 is 1.32 bits per heavy atom. The second-order valence-electron chi connectivity index (χ2n) is 5.67. The number of nitrogens with one attached hydrogen (secondary N) is 2. The summed E-state index contributed by atoms with van der Waals surface area (Å²) in [5.74, 6) is 0.896. The number of hydrogen-bond acceptors (Lipinski definition) is 4. The van der Waals surface area contributed by atoms with Crippen LogP contribution in [0, 0.1) is 6.92 Å². The van der Waals surface area contributed by atoms with Crippen molar-refractivity contribution in [3.63, 3.8) is 0 Å². The lowest BCUT2D eigenvalue weighted by molar-refractivity contribution is -0.146. The molecule has 5 heteroatoms. The van der Waals surface area contributed by atoms with Gasteiger partial charge in [0.05, 0.1) is 6.61 Å². The fourth-order valence-electron chi connectivity index (χ4n) is 2.69. The standard InChI is InChI=1S/C17H26N2O3/c1-14-6-3-4-7-15(14)22-13-5-10-19-16(20)17(21-2)8-11-18-12-9-17/h3-4,6-7,18H,5,8-13H2,1-2H3,(H,19,20). The summed E-state index contributed by atoms with van der Waals surface area (Å²) in [6.45, 7) is 4.85. The highest BCUT2D eigenvalue weighted by Crippen LogP contribution is 2.22. The van der Waals surface area contributed by atoms with Crippen LogP contribution in [-0.4, -0.2) is 44.9 Å². The van der Waals surface area contributed by atoms with Gasteiger partial charge in [0.2, 0.25) is 0 Å². The van der Waals surface area contributed by atoms with Crippen LogP contribution in [0.2, 0.25) is 0 Å². The summed E-state index contributed by atoms with van der Waals surface area (Å²) in [4.78, 5) is 12.3. The average molecular weight is 306 g/mol. The van der Waals surface area contributed by atoms with Crippen LogP contribution in [0.3, 0.4) is 0 Å². The lowest BCUT2D eigenvalue weighted by Gasteiger charge is -2.34. The summed E-state index contributed by atoms with van der Waals surface area (Å²) in [5, 5.41) is 6.22. The number of ether oxygens (including phenoxy) is 2. The summed E-state index contributed by atoms with van der Waals surface area (Å²) in [6.07, 6.45) is 2.21. The molecule has 0 aromatic heterocycles. The zero-order valence-electron chi connectivity index (χ0n) is 13.5. The molecule has 0 radical (unpaired) electrons. The Morgan fingerprint density at radius 2 is 2.05 bits per heavy atom. The number of hydrogen-bond donors (Lipinski definition) is 2. The van der Waals surface area contributed by atoms with Gasteiger partial charge < -0.3 is 20.1 Å². The van der Waals surface area contributed by atoms with Crippen molar-refractivity contribution >= 4 is 5.91 Å². The second-order valence-corrected chi connectivity index (χ2v) is 5.67. The van der Waals surface area contributed by atoms with Crippen molar-refractivity contribution in [2.24, 2.45) is 0 Å². The first kappa shape index (κ1) is 16.8. The van der Waals surface area contributed by atoms with Crippen molar-refractivity contribution in [2.75, 3.05) is 33.4 Å². The molecule has 0 aliphatic carbocycles. The highest BCUT2D eigenvalue weighted by Gasteiger charge is 2.39. The lowest BCUT2D eigenvalue weighted by Crippen LogP contribution is -2.54. The number of piperidine rings is 1. The van der Waals surface area contributed by atoms with E-state index in [4.69, 9.17) is 9.47 Å². The molecule has 5 nitrogen and oxygen atoms in total. The molecule has 1 aliphatic rings. The van der Waals surface area contributed by atoms with Gasteiger partial charge in [-0.2, -0.15) is 0 Å². The molecular weight excluding hydrogens is 280 g/mol. The quantitative estimate of drug-likeness (QED) is 0.752. The molecule has 2 rings (SSSR count). The predicted octanol–water partition coefficient (Wildman–Crippen LogP) is 1.65. The van der Waals surface area contributed by atoms with Gasteiger partial charge in [-0.1, -0.05) is 18.2 Å². The molecule has 0 unspecified atom stereocenters. The van der Waals surface area contributed by atoms with Crippen molar-refractivity contribution in [1.29, 1.82) is 0 Å². The number of amides is 1. The molecule has 1 amide bonds. The Kier molecular flexibility index (Phi) is 6.21. The third-order valence-corrected chi connectivity index (χ3v) is 4.17. The van der Waals surface area contributed by atoms with Gasteiger partial charge in [-0.3, -0.25) is 4.79 Å². The molecule has 0 spiro atoms. The number of para-hydroxylation sites is 1. The summed E-state index contributed by atoms with van der Waals surface area (Å²) < 4.78 is 11.2. The number of carbonyl (C=O) groups is 1. The van der Waals surface area contributed by atoms with Crippen molar-refractivity contribution in [3.05, 3.63) is 29.8 Å². The molecule has 1 aromatic carbocycles. The Hall–Kier alpha value is -1.59. The minimum Gasteiger partial charge on any atom is -0.493 e. The normalized spacial score (nSPS) is 17.0. The average Bonchev–Trinajstić information content (AvgIpc) is 2.56. The van der Waals surface area contributed by atoms with E-state index in [9.17, 15) is 4.79 Å². The maximum Gasteiger partial charge on any atom is 0.252 e. The van der Waals surface area contributed by atoms with Gasteiger partial charge in [-0.15, -0.1) is 0 Å². The third-order valence-electron chi connectivity index (χ3n) is 4.17. The molecule has 0 bridgehead atoms. The summed E-state index contributed by atoms with van der Waals surface area (Å²) in [5.41, 5.74) is 0.460. The number of benzene rings is 1. The second kappa shape index (κ2) is 8.15. The Labute approximate surface area is 132 Å². The minimum absolute atomic E-state index is 0.00704. The molecule has 0 atom stereocenters. The van der Waals surface area contributed by atoms with Crippen molar-refractivity contribution in [3.8, 4) is 5.75 Å². The van der Waals surface area contributed by atoms with Crippen LogP contribution in [0.5, 0.6) is 5.75 Å². The van der Waals surface area contributed by atoms with E-state index >= 15 is 0 Å². The number of aryl methyl sites for hydroxylation is 1. The van der Waals surface area contributed by atoms with Gasteiger partial charge >= 0.3 is 0 Å². The predicted molar refractivity (Wildman–Crippen MR) is 86.1 cm³/mol. The van der Waals surface area contributed by atoms with Crippen molar-refractivity contribution < 1.29 is 14.3 Å². The van der Waals surface area contributed by atoms with Gasteiger partial charge in [0.25, 0.3) is 5.91 Å². The Morgan fingerprint density at radius 3 is 2.73 bits per heavy atom. The molecule has 2 N–H and O–H groups in total. The van der Waals surface area contributed by atoms with Crippen LogP contribution in [0.25, 0.3) is 0 Å². The first-order valence-electron chi connectivity index (χ1n) is 7.90. The van der Waals surface area contributed by atoms with Gasteiger partial charge in [-0.25, -0.2) is 0 Å². The molecule has 1 aliphatic heterocycles. The van der Waals surface area contributed by atoms with Crippen molar-refractivity contribution in [1.82, 2.24) is 10.6 Å². The molecule has 1 fully saturated rings. The molecule has 0 saturated carbocycles. The number of carbonyl (C=O) groups excluding carboxylic acids is 1. The van der Waals surface area contributed by atoms with E-state index < -0.39 is 5.60 Å². The van der Waals surface area contributed by atoms with Crippen LogP contribution in [0.1, 0.15) is 24.8 Å². The van der Waals surface area contributed by atoms with Crippen LogP contribution >= 0.6 is 0 Å². The molecular formula is C17H26N2O3. The number of rotatable bonds is 7. The Bertz CT molecular complexity index is 485. The topological polar surface area (TPSA) is 59.6 Å². The van der Waals surface area contributed by atoms with E-state index in [1.807, 2.05) is 31.2 Å². The van der Waals surface area contributed by atoms with Crippen LogP contribution in [0.4, 0.5) is 0 Å². The largest absolute Gasteiger partial charge is 0.493 e. The smallest absolute Gasteiger partial charge is 0.252 e. The zero-order valence-corrected chi connectivity index (χ0v) is 13.5. The van der Waals surface area contributed by atoms with Gasteiger partial charge in [0.1, 0.15) is 11.4 Å². The van der Waals surface area contributed by atoms with Gasteiger partial charge in [0, 0.05) is 13.7 Å². The summed E-state index contributed by atoms with van der Waals surface area (Å²) in [7, 11) is 1.62. The molecule has 1 saturated heterocycles. The minimum atomic E-state index is -0.665. The maximum atomic E-state index is 12.3. The highest BCUT2D eigenvalue weighted by molar-refractivity contribution is 5.85. The fraction of sp³-hybridized carbons (Fsp3) is 0.588. The lowest BCUT2D eigenvalue weighted by atomic mass is 9.91. The monoisotopic (exact) mass is 306 g/mol. The Balaban J connectivity index is 1.70. The molecule has 1 heterocycles. The van der Waals surface area contributed by atoms with E-state index in [2.05, 4.69) is 10.6 Å². The van der Waals surface area contributed by atoms with E-state index in [0.717, 1.165) is 43.7 Å². The van der Waals surface area contributed by atoms with Crippen LogP contribution in [-0.2, 0) is 9.53 Å². The van der Waals surface area contributed by atoms with E-state index in [0.29, 0.717) is 13.2 Å². The number of methoxy groups -OCH3 is 1.